The van der Waals surface area contributed by atoms with E-state index in [9.17, 15) is 14.4 Å². The topological polar surface area (TPSA) is 100 Å². The lowest BCUT2D eigenvalue weighted by molar-refractivity contribution is -0.261. The summed E-state index contributed by atoms with van der Waals surface area (Å²) in [5.74, 6) is -1.93. The molecule has 1 fully saturated rings. The molecule has 198 valence electrons. The van der Waals surface area contributed by atoms with Crippen LogP contribution in [0.15, 0.2) is 91.0 Å². The number of halogens is 1. The van der Waals surface area contributed by atoms with Crippen molar-refractivity contribution >= 4 is 17.8 Å². The second-order valence-corrected chi connectivity index (χ2v) is 8.71. The van der Waals surface area contributed by atoms with Crippen molar-refractivity contribution in [3.63, 3.8) is 0 Å². The minimum Gasteiger partial charge on any atom is -0.459 e. The second kappa shape index (κ2) is 12.9. The molecule has 3 aromatic rings. The highest BCUT2D eigenvalue weighted by atomic mass is 19.1. The molecular formula is C29H28FNO7. The molecule has 0 aliphatic carbocycles. The molecule has 4 rings (SSSR count). The minimum absolute atomic E-state index is 0.0778. The van der Waals surface area contributed by atoms with Crippen LogP contribution in [0.25, 0.3) is 0 Å². The van der Waals surface area contributed by atoms with Gasteiger partial charge in [-0.1, -0.05) is 66.7 Å². The molecule has 1 aliphatic rings. The van der Waals surface area contributed by atoms with Crippen LogP contribution in [-0.2, 0) is 30.3 Å². The Bertz CT molecular complexity index is 1210. The second-order valence-electron chi connectivity index (χ2n) is 8.71. The smallest absolute Gasteiger partial charge is 0.338 e. The van der Waals surface area contributed by atoms with E-state index in [1.54, 1.807) is 48.5 Å². The number of rotatable bonds is 9. The number of carbonyl (C=O) groups excluding carboxylic acids is 3. The third kappa shape index (κ3) is 7.02. The first-order valence-electron chi connectivity index (χ1n) is 12.1. The minimum atomic E-state index is -1.94. The zero-order valence-corrected chi connectivity index (χ0v) is 20.7. The van der Waals surface area contributed by atoms with Crippen molar-refractivity contribution in [2.24, 2.45) is 0 Å². The Morgan fingerprint density at radius 2 is 1.39 bits per heavy atom. The Kier molecular flexibility index (Phi) is 9.18. The van der Waals surface area contributed by atoms with E-state index in [0.717, 1.165) is 5.56 Å². The van der Waals surface area contributed by atoms with Gasteiger partial charge in [-0.25, -0.2) is 14.0 Å². The van der Waals surface area contributed by atoms with Gasteiger partial charge in [-0.3, -0.25) is 4.79 Å². The molecule has 0 saturated carbocycles. The number of hydrogen-bond acceptors (Lipinski definition) is 7. The molecule has 1 amide bonds. The predicted molar refractivity (Wildman–Crippen MR) is 135 cm³/mol. The summed E-state index contributed by atoms with van der Waals surface area (Å²) in [6.45, 7) is 0.867. The number of alkyl halides is 1. The fourth-order valence-corrected chi connectivity index (χ4v) is 4.03. The fraction of sp³-hybridized carbons (Fsp3) is 0.276. The van der Waals surface area contributed by atoms with E-state index in [4.69, 9.17) is 18.9 Å². The van der Waals surface area contributed by atoms with E-state index in [1.165, 1.54) is 19.1 Å². The van der Waals surface area contributed by atoms with Crippen LogP contribution >= 0.6 is 0 Å². The van der Waals surface area contributed by atoms with E-state index in [2.05, 4.69) is 5.32 Å². The summed E-state index contributed by atoms with van der Waals surface area (Å²) < 4.78 is 38.6. The highest BCUT2D eigenvalue weighted by Gasteiger charge is 2.50. The Morgan fingerprint density at radius 3 is 1.97 bits per heavy atom. The lowest BCUT2D eigenvalue weighted by Crippen LogP contribution is -2.64. The number of amides is 1. The van der Waals surface area contributed by atoms with Crippen LogP contribution in [0.3, 0.4) is 0 Å². The molecule has 3 aromatic carbocycles. The van der Waals surface area contributed by atoms with Crippen molar-refractivity contribution in [3.05, 3.63) is 108 Å². The van der Waals surface area contributed by atoms with Crippen molar-refractivity contribution in [1.82, 2.24) is 5.32 Å². The van der Waals surface area contributed by atoms with Gasteiger partial charge in [0.15, 0.2) is 18.6 Å². The van der Waals surface area contributed by atoms with E-state index >= 15 is 4.39 Å². The largest absolute Gasteiger partial charge is 0.459 e. The fourth-order valence-electron chi connectivity index (χ4n) is 4.03. The van der Waals surface area contributed by atoms with Crippen LogP contribution in [0.4, 0.5) is 4.39 Å². The van der Waals surface area contributed by atoms with E-state index < -0.39 is 55.2 Å². The average molecular weight is 522 g/mol. The number of nitrogens with one attached hydrogen (secondary N) is 1. The molecule has 1 aliphatic heterocycles. The first-order chi connectivity index (χ1) is 18.4. The van der Waals surface area contributed by atoms with Gasteiger partial charge < -0.3 is 24.3 Å². The van der Waals surface area contributed by atoms with Crippen LogP contribution in [0, 0.1) is 0 Å². The highest BCUT2D eigenvalue weighted by molar-refractivity contribution is 5.90. The first kappa shape index (κ1) is 27.0. The lowest BCUT2D eigenvalue weighted by Gasteiger charge is -2.42. The molecule has 5 atom stereocenters. The molecule has 0 radical (unpaired) electrons. The number of carbonyl (C=O) groups is 3. The Hall–Kier alpha value is -4.08. The molecular weight excluding hydrogens is 493 g/mol. The van der Waals surface area contributed by atoms with Crippen LogP contribution in [-0.4, -0.2) is 55.2 Å². The molecule has 0 unspecified atom stereocenters. The molecule has 9 heteroatoms. The molecule has 1 heterocycles. The summed E-state index contributed by atoms with van der Waals surface area (Å²) in [5.41, 5.74) is 1.31. The first-order valence-corrected chi connectivity index (χ1v) is 12.1. The third-order valence-electron chi connectivity index (χ3n) is 5.89. The van der Waals surface area contributed by atoms with Gasteiger partial charge in [0.2, 0.25) is 5.91 Å². The van der Waals surface area contributed by atoms with Gasteiger partial charge in [0, 0.05) is 6.92 Å². The van der Waals surface area contributed by atoms with Gasteiger partial charge in [-0.2, -0.15) is 0 Å². The Morgan fingerprint density at radius 1 is 0.842 bits per heavy atom. The number of hydrogen-bond donors (Lipinski definition) is 1. The van der Waals surface area contributed by atoms with Crippen molar-refractivity contribution in [2.75, 3.05) is 6.61 Å². The zero-order chi connectivity index (χ0) is 26.9. The summed E-state index contributed by atoms with van der Waals surface area (Å²) >= 11 is 0. The quantitative estimate of drug-likeness (QED) is 0.427. The Balaban J connectivity index is 1.56. The molecule has 0 aromatic heterocycles. The summed E-state index contributed by atoms with van der Waals surface area (Å²) in [6, 6.07) is 24.4. The molecule has 8 nitrogen and oxygen atoms in total. The molecule has 1 saturated heterocycles. The molecule has 1 N–H and O–H groups in total. The standard InChI is InChI=1S/C29H28FNO7/c1-19(32)31-25-26(38-28(34)22-15-9-4-10-16-22)24(30)23(18-35-27(33)21-13-7-3-8-14-21)37-29(25)36-17-20-11-5-2-6-12-20/h2-16,23-26,29H,17-18H2,1H3,(H,31,32)/t23-,24-,25+,26+,29+/m1/s1. The predicted octanol–water partition coefficient (Wildman–Crippen LogP) is 3.85. The third-order valence-corrected chi connectivity index (χ3v) is 5.89. The maximum absolute atomic E-state index is 15.9. The monoisotopic (exact) mass is 521 g/mol. The molecule has 38 heavy (non-hydrogen) atoms. The highest BCUT2D eigenvalue weighted by Crippen LogP contribution is 2.29. The van der Waals surface area contributed by atoms with Crippen LogP contribution < -0.4 is 5.32 Å². The normalized spacial score (nSPS) is 22.7. The SMILES string of the molecule is CC(=O)N[C@@H]1[C@@H](OCc2ccccc2)O[C@H](COC(=O)c2ccccc2)[C@@H](F)[C@@H]1OC(=O)c1ccccc1. The van der Waals surface area contributed by atoms with E-state index in [0.29, 0.717) is 5.56 Å². The lowest BCUT2D eigenvalue weighted by atomic mass is 9.97. The summed E-state index contributed by atoms with van der Waals surface area (Å²) in [6.07, 6.45) is -5.97. The van der Waals surface area contributed by atoms with E-state index in [-0.39, 0.29) is 12.2 Å². The summed E-state index contributed by atoms with van der Waals surface area (Å²) in [7, 11) is 0. The Labute approximate surface area is 219 Å². The van der Waals surface area contributed by atoms with Gasteiger partial charge in [-0.05, 0) is 29.8 Å². The number of esters is 2. The summed E-state index contributed by atoms with van der Waals surface area (Å²) in [4.78, 5) is 37.4. The van der Waals surface area contributed by atoms with Crippen molar-refractivity contribution < 1.29 is 37.7 Å². The van der Waals surface area contributed by atoms with Crippen molar-refractivity contribution in [1.29, 1.82) is 0 Å². The van der Waals surface area contributed by atoms with Crippen molar-refractivity contribution in [3.8, 4) is 0 Å². The van der Waals surface area contributed by atoms with Gasteiger partial charge in [0.25, 0.3) is 0 Å². The van der Waals surface area contributed by atoms with Gasteiger partial charge >= 0.3 is 11.9 Å². The maximum Gasteiger partial charge on any atom is 0.338 e. The van der Waals surface area contributed by atoms with Gasteiger partial charge in [-0.15, -0.1) is 0 Å². The van der Waals surface area contributed by atoms with Gasteiger partial charge in [0.05, 0.1) is 17.7 Å². The average Bonchev–Trinajstić information content (AvgIpc) is 2.95. The van der Waals surface area contributed by atoms with Crippen LogP contribution in [0.1, 0.15) is 33.2 Å². The molecule has 0 bridgehead atoms. The molecule has 0 spiro atoms. The number of ether oxygens (including phenoxy) is 4. The van der Waals surface area contributed by atoms with E-state index in [1.807, 2.05) is 30.3 Å². The van der Waals surface area contributed by atoms with Gasteiger partial charge in [0.1, 0.15) is 18.8 Å². The van der Waals surface area contributed by atoms with Crippen LogP contribution in [0.2, 0.25) is 0 Å². The zero-order valence-electron chi connectivity index (χ0n) is 20.7. The van der Waals surface area contributed by atoms with Crippen LogP contribution in [0.5, 0.6) is 0 Å². The summed E-state index contributed by atoms with van der Waals surface area (Å²) in [5, 5.41) is 2.60. The number of benzene rings is 3. The maximum atomic E-state index is 15.9. The van der Waals surface area contributed by atoms with Crippen molar-refractivity contribution in [2.45, 2.75) is 44.2 Å².